The second-order valence-corrected chi connectivity index (χ2v) is 5.35. The van der Waals surface area contributed by atoms with E-state index in [-0.39, 0.29) is 17.4 Å². The zero-order chi connectivity index (χ0) is 13.1. The number of hydrogen-bond acceptors (Lipinski definition) is 3. The maximum absolute atomic E-state index is 11.9. The van der Waals surface area contributed by atoms with Crippen molar-refractivity contribution in [3.63, 3.8) is 0 Å². The molecule has 1 aromatic heterocycles. The summed E-state index contributed by atoms with van der Waals surface area (Å²) < 4.78 is 0. The molecule has 2 atom stereocenters. The van der Waals surface area contributed by atoms with Gasteiger partial charge in [-0.3, -0.25) is 9.78 Å². The molecule has 1 aromatic rings. The highest BCUT2D eigenvalue weighted by Crippen LogP contribution is 2.18. The zero-order valence-corrected chi connectivity index (χ0v) is 10.9. The monoisotopic (exact) mass is 235 g/mol. The van der Waals surface area contributed by atoms with Crippen LogP contribution in [-0.2, 0) is 4.79 Å². The summed E-state index contributed by atoms with van der Waals surface area (Å²) in [5, 5.41) is 2.91. The van der Waals surface area contributed by atoms with Crippen molar-refractivity contribution in [3.05, 3.63) is 30.1 Å². The van der Waals surface area contributed by atoms with Crippen molar-refractivity contribution >= 4 is 5.91 Å². The van der Waals surface area contributed by atoms with Gasteiger partial charge >= 0.3 is 0 Å². The zero-order valence-electron chi connectivity index (χ0n) is 10.9. The van der Waals surface area contributed by atoms with Crippen molar-refractivity contribution in [3.8, 4) is 0 Å². The molecular weight excluding hydrogens is 214 g/mol. The summed E-state index contributed by atoms with van der Waals surface area (Å²) in [7, 11) is 0. The van der Waals surface area contributed by atoms with Crippen LogP contribution in [0, 0.1) is 5.41 Å². The fourth-order valence-corrected chi connectivity index (χ4v) is 1.43. The van der Waals surface area contributed by atoms with E-state index in [0.29, 0.717) is 0 Å². The van der Waals surface area contributed by atoms with Gasteiger partial charge in [0, 0.05) is 12.4 Å². The molecule has 4 heteroatoms. The highest BCUT2D eigenvalue weighted by molar-refractivity contribution is 5.82. The largest absolute Gasteiger partial charge is 0.348 e. The molecule has 0 radical (unpaired) electrons. The molecule has 0 aliphatic rings. The van der Waals surface area contributed by atoms with Gasteiger partial charge in [0.25, 0.3) is 0 Å². The van der Waals surface area contributed by atoms with Crippen LogP contribution in [0.5, 0.6) is 0 Å². The van der Waals surface area contributed by atoms with Crippen molar-refractivity contribution in [2.75, 3.05) is 0 Å². The molecule has 94 valence electrons. The third-order valence-corrected chi connectivity index (χ3v) is 2.78. The van der Waals surface area contributed by atoms with E-state index in [1.165, 1.54) is 0 Å². The Morgan fingerprint density at radius 1 is 1.35 bits per heavy atom. The van der Waals surface area contributed by atoms with Crippen molar-refractivity contribution in [1.29, 1.82) is 0 Å². The normalized spacial score (nSPS) is 15.1. The Balaban J connectivity index is 2.64. The Morgan fingerprint density at radius 2 is 1.88 bits per heavy atom. The lowest BCUT2D eigenvalue weighted by atomic mass is 9.87. The minimum atomic E-state index is -0.508. The molecular formula is C13H21N3O. The SMILES string of the molecule is CC(NC(=O)[C@H](N)C(C)(C)C)c1ccncc1. The highest BCUT2D eigenvalue weighted by atomic mass is 16.2. The fourth-order valence-electron chi connectivity index (χ4n) is 1.43. The summed E-state index contributed by atoms with van der Waals surface area (Å²) in [4.78, 5) is 15.9. The first-order valence-electron chi connectivity index (χ1n) is 5.78. The molecule has 1 amide bonds. The maximum atomic E-state index is 11.9. The van der Waals surface area contributed by atoms with Gasteiger partial charge in [0.05, 0.1) is 12.1 Å². The van der Waals surface area contributed by atoms with Crippen molar-refractivity contribution < 1.29 is 4.79 Å². The van der Waals surface area contributed by atoms with Crippen LogP contribution >= 0.6 is 0 Å². The maximum Gasteiger partial charge on any atom is 0.237 e. The van der Waals surface area contributed by atoms with Crippen molar-refractivity contribution in [1.82, 2.24) is 10.3 Å². The summed E-state index contributed by atoms with van der Waals surface area (Å²) >= 11 is 0. The minimum absolute atomic E-state index is 0.0566. The van der Waals surface area contributed by atoms with Crippen LogP contribution < -0.4 is 11.1 Å². The van der Waals surface area contributed by atoms with Gasteiger partial charge in [-0.1, -0.05) is 20.8 Å². The van der Waals surface area contributed by atoms with Gasteiger partial charge in [0.1, 0.15) is 0 Å². The average molecular weight is 235 g/mol. The molecule has 0 spiro atoms. The predicted octanol–water partition coefficient (Wildman–Crippen LogP) is 1.63. The Morgan fingerprint density at radius 3 is 2.35 bits per heavy atom. The second kappa shape index (κ2) is 5.27. The Hall–Kier alpha value is -1.42. The molecule has 17 heavy (non-hydrogen) atoms. The van der Waals surface area contributed by atoms with Crippen molar-refractivity contribution in [2.45, 2.75) is 39.8 Å². The van der Waals surface area contributed by atoms with Crippen molar-refractivity contribution in [2.24, 2.45) is 11.1 Å². The van der Waals surface area contributed by atoms with E-state index >= 15 is 0 Å². The van der Waals surface area contributed by atoms with E-state index in [1.807, 2.05) is 39.8 Å². The molecule has 0 saturated heterocycles. The van der Waals surface area contributed by atoms with Gasteiger partial charge in [0.15, 0.2) is 0 Å². The van der Waals surface area contributed by atoms with Crippen LogP contribution in [0.2, 0.25) is 0 Å². The number of nitrogens with one attached hydrogen (secondary N) is 1. The van der Waals surface area contributed by atoms with E-state index in [2.05, 4.69) is 10.3 Å². The quantitative estimate of drug-likeness (QED) is 0.836. The molecule has 1 rings (SSSR count). The summed E-state index contributed by atoms with van der Waals surface area (Å²) in [6.07, 6.45) is 3.42. The Bertz CT molecular complexity index is 370. The van der Waals surface area contributed by atoms with E-state index in [9.17, 15) is 4.79 Å². The standard InChI is InChI=1S/C13H21N3O/c1-9(10-5-7-15-8-6-10)16-12(17)11(14)13(2,3)4/h5-9,11H,14H2,1-4H3,(H,16,17)/t9?,11-/m0/s1. The van der Waals surface area contributed by atoms with E-state index in [1.54, 1.807) is 12.4 Å². The molecule has 0 fully saturated rings. The summed E-state index contributed by atoms with van der Waals surface area (Å²) in [5.41, 5.74) is 6.68. The van der Waals surface area contributed by atoms with Crippen LogP contribution in [0.4, 0.5) is 0 Å². The first-order chi connectivity index (χ1) is 7.82. The van der Waals surface area contributed by atoms with Crippen LogP contribution in [0.1, 0.15) is 39.3 Å². The molecule has 4 nitrogen and oxygen atoms in total. The van der Waals surface area contributed by atoms with Gasteiger partial charge in [-0.25, -0.2) is 0 Å². The molecule has 0 aliphatic heterocycles. The second-order valence-electron chi connectivity index (χ2n) is 5.35. The highest BCUT2D eigenvalue weighted by Gasteiger charge is 2.28. The van der Waals surface area contributed by atoms with Gasteiger partial charge in [0.2, 0.25) is 5.91 Å². The number of nitrogens with two attached hydrogens (primary N) is 1. The van der Waals surface area contributed by atoms with E-state index in [0.717, 1.165) is 5.56 Å². The first-order valence-corrected chi connectivity index (χ1v) is 5.78. The third-order valence-electron chi connectivity index (χ3n) is 2.78. The molecule has 1 heterocycles. The lowest BCUT2D eigenvalue weighted by Crippen LogP contribution is -2.49. The molecule has 0 saturated carbocycles. The lowest BCUT2D eigenvalue weighted by molar-refractivity contribution is -0.125. The smallest absolute Gasteiger partial charge is 0.237 e. The number of carbonyl (C=O) groups is 1. The number of rotatable bonds is 3. The van der Waals surface area contributed by atoms with Gasteiger partial charge < -0.3 is 11.1 Å². The van der Waals surface area contributed by atoms with E-state index < -0.39 is 6.04 Å². The molecule has 0 aliphatic carbocycles. The summed E-state index contributed by atoms with van der Waals surface area (Å²) in [5.74, 6) is -0.123. The summed E-state index contributed by atoms with van der Waals surface area (Å²) in [6.45, 7) is 7.79. The van der Waals surface area contributed by atoms with Crippen LogP contribution in [0.3, 0.4) is 0 Å². The molecule has 3 N–H and O–H groups in total. The lowest BCUT2D eigenvalue weighted by Gasteiger charge is -2.27. The topological polar surface area (TPSA) is 68.0 Å². The number of nitrogens with zero attached hydrogens (tertiary/aromatic N) is 1. The number of amides is 1. The Kier molecular flexibility index (Phi) is 4.23. The first kappa shape index (κ1) is 13.6. The number of hydrogen-bond donors (Lipinski definition) is 2. The van der Waals surface area contributed by atoms with Crippen LogP contribution in [-0.4, -0.2) is 16.9 Å². The molecule has 0 bridgehead atoms. The average Bonchev–Trinajstić information content (AvgIpc) is 2.27. The predicted molar refractivity (Wildman–Crippen MR) is 68.2 cm³/mol. The van der Waals surface area contributed by atoms with Gasteiger partial charge in [-0.05, 0) is 30.0 Å². The molecule has 0 aromatic carbocycles. The van der Waals surface area contributed by atoms with E-state index in [4.69, 9.17) is 5.73 Å². The Labute approximate surface area is 103 Å². The van der Waals surface area contributed by atoms with Gasteiger partial charge in [-0.15, -0.1) is 0 Å². The number of aromatic nitrogens is 1. The molecule has 1 unspecified atom stereocenters. The number of pyridine rings is 1. The van der Waals surface area contributed by atoms with Crippen LogP contribution in [0.25, 0.3) is 0 Å². The summed E-state index contributed by atoms with van der Waals surface area (Å²) in [6, 6.07) is 3.20. The fraction of sp³-hybridized carbons (Fsp3) is 0.538. The van der Waals surface area contributed by atoms with Crippen LogP contribution in [0.15, 0.2) is 24.5 Å². The third kappa shape index (κ3) is 3.82. The van der Waals surface area contributed by atoms with Gasteiger partial charge in [-0.2, -0.15) is 0 Å². The minimum Gasteiger partial charge on any atom is -0.348 e. The number of carbonyl (C=O) groups excluding carboxylic acids is 1.